The lowest BCUT2D eigenvalue weighted by molar-refractivity contribution is -0.116. The molecule has 1 heterocycles. The fraction of sp³-hybridized carbons (Fsp3) is 0.118. The van der Waals surface area contributed by atoms with E-state index in [1.54, 1.807) is 49.6 Å². The molecule has 0 radical (unpaired) electrons. The molecule has 2 aromatic rings. The van der Waals surface area contributed by atoms with E-state index in [0.717, 1.165) is 5.56 Å². The van der Waals surface area contributed by atoms with E-state index in [1.165, 1.54) is 11.8 Å². The number of carbonyl (C=O) groups is 1. The number of hydrogen-bond acceptors (Lipinski definition) is 4. The first-order valence-corrected chi connectivity index (χ1v) is 9.22. The first-order chi connectivity index (χ1) is 12.0. The van der Waals surface area contributed by atoms with Gasteiger partial charge in [-0.2, -0.15) is 0 Å². The first kappa shape index (κ1) is 18.3. The summed E-state index contributed by atoms with van der Waals surface area (Å²) in [6, 6.07) is 10.4. The van der Waals surface area contributed by atoms with Crippen LogP contribution in [0.2, 0.25) is 15.1 Å². The zero-order valence-corrected chi connectivity index (χ0v) is 16.1. The number of methoxy groups -OCH3 is 1. The van der Waals surface area contributed by atoms with E-state index < -0.39 is 0 Å². The predicted molar refractivity (Wildman–Crippen MR) is 106 cm³/mol. The Labute approximate surface area is 164 Å². The molecule has 1 aliphatic heterocycles. The van der Waals surface area contributed by atoms with Crippen LogP contribution in [0.15, 0.2) is 41.3 Å². The largest absolute Gasteiger partial charge is 0.495 e. The zero-order chi connectivity index (χ0) is 18.0. The minimum Gasteiger partial charge on any atom is -0.495 e. The summed E-state index contributed by atoms with van der Waals surface area (Å²) >= 11 is 19.4. The van der Waals surface area contributed by atoms with Crippen molar-refractivity contribution >= 4 is 64.2 Å². The van der Waals surface area contributed by atoms with E-state index in [4.69, 9.17) is 39.5 Å². The fourth-order valence-electron chi connectivity index (χ4n) is 2.26. The van der Waals surface area contributed by atoms with Gasteiger partial charge in [-0.3, -0.25) is 4.79 Å². The van der Waals surface area contributed by atoms with Gasteiger partial charge in [0.25, 0.3) is 5.91 Å². The van der Waals surface area contributed by atoms with Crippen molar-refractivity contribution in [3.05, 3.63) is 61.9 Å². The lowest BCUT2D eigenvalue weighted by atomic mass is 10.2. The van der Waals surface area contributed by atoms with Crippen LogP contribution in [0, 0.1) is 0 Å². The summed E-state index contributed by atoms with van der Waals surface area (Å²) in [7, 11) is 1.57. The van der Waals surface area contributed by atoms with Crippen LogP contribution in [0.1, 0.15) is 5.56 Å². The molecular formula is C17H13Cl3N2O2S. The second kappa shape index (κ2) is 7.79. The molecule has 2 aromatic carbocycles. The highest BCUT2D eigenvalue weighted by molar-refractivity contribution is 8.05. The average Bonchev–Trinajstić information content (AvgIpc) is 2.90. The Morgan fingerprint density at radius 2 is 1.88 bits per heavy atom. The molecule has 0 spiro atoms. The molecule has 1 aliphatic rings. The van der Waals surface area contributed by atoms with Gasteiger partial charge in [0.2, 0.25) is 0 Å². The number of anilines is 1. The Bertz CT molecular complexity index is 858. The van der Waals surface area contributed by atoms with Crippen molar-refractivity contribution < 1.29 is 9.53 Å². The van der Waals surface area contributed by atoms with Gasteiger partial charge in [0.1, 0.15) is 5.75 Å². The third-order valence-electron chi connectivity index (χ3n) is 3.43. The quantitative estimate of drug-likeness (QED) is 0.669. The number of benzene rings is 2. The molecule has 0 saturated carbocycles. The Hall–Kier alpha value is -1.53. The smallest absolute Gasteiger partial charge is 0.260 e. The van der Waals surface area contributed by atoms with Gasteiger partial charge >= 0.3 is 0 Å². The molecule has 130 valence electrons. The summed E-state index contributed by atoms with van der Waals surface area (Å²) in [4.78, 5) is 12.8. The fourth-order valence-corrected chi connectivity index (χ4v) is 3.86. The molecule has 1 fully saturated rings. The van der Waals surface area contributed by atoms with Gasteiger partial charge in [0.05, 0.1) is 17.7 Å². The van der Waals surface area contributed by atoms with Crippen molar-refractivity contribution in [3.8, 4) is 5.75 Å². The summed E-state index contributed by atoms with van der Waals surface area (Å²) in [5, 5.41) is 7.65. The molecule has 0 aromatic heterocycles. The third kappa shape index (κ3) is 4.36. The molecule has 0 bridgehead atoms. The second-order valence-corrected chi connectivity index (χ2v) is 7.56. The summed E-state index contributed by atoms with van der Waals surface area (Å²) in [6.07, 6.45) is 1.73. The highest BCUT2D eigenvalue weighted by Crippen LogP contribution is 2.35. The van der Waals surface area contributed by atoms with E-state index in [-0.39, 0.29) is 11.4 Å². The standard InChI is InChI=1S/C17H13Cl3N2O2S/c1-24-14-5-4-11(19)8-13(14)21-17-22-16(23)15(25-17)6-9-2-3-10(18)7-12(9)20/h2-8,17,21H,1H3,(H,22,23)/b15-6-. The van der Waals surface area contributed by atoms with Gasteiger partial charge in [-0.1, -0.05) is 52.6 Å². The van der Waals surface area contributed by atoms with Crippen LogP contribution in [-0.4, -0.2) is 18.5 Å². The third-order valence-corrected chi connectivity index (χ3v) is 5.25. The van der Waals surface area contributed by atoms with Crippen LogP contribution in [0.25, 0.3) is 6.08 Å². The van der Waals surface area contributed by atoms with Gasteiger partial charge in [0.15, 0.2) is 5.50 Å². The number of hydrogen-bond donors (Lipinski definition) is 2. The highest BCUT2D eigenvalue weighted by Gasteiger charge is 2.28. The van der Waals surface area contributed by atoms with Crippen molar-refractivity contribution in [1.29, 1.82) is 0 Å². The molecule has 1 saturated heterocycles. The molecule has 8 heteroatoms. The molecule has 4 nitrogen and oxygen atoms in total. The van der Waals surface area contributed by atoms with Gasteiger partial charge < -0.3 is 15.4 Å². The van der Waals surface area contributed by atoms with Crippen molar-refractivity contribution in [2.75, 3.05) is 12.4 Å². The predicted octanol–water partition coefficient (Wildman–Crippen LogP) is 5.26. The minimum absolute atomic E-state index is 0.186. The number of ether oxygens (including phenoxy) is 1. The Kier molecular flexibility index (Phi) is 5.69. The first-order valence-electron chi connectivity index (χ1n) is 7.20. The van der Waals surface area contributed by atoms with E-state index in [2.05, 4.69) is 10.6 Å². The van der Waals surface area contributed by atoms with Crippen molar-refractivity contribution in [2.24, 2.45) is 0 Å². The number of nitrogens with one attached hydrogen (secondary N) is 2. The molecule has 25 heavy (non-hydrogen) atoms. The topological polar surface area (TPSA) is 50.4 Å². The minimum atomic E-state index is -0.350. The van der Waals surface area contributed by atoms with Gasteiger partial charge in [-0.05, 0) is 42.0 Å². The van der Waals surface area contributed by atoms with E-state index in [1.807, 2.05) is 0 Å². The van der Waals surface area contributed by atoms with Crippen molar-refractivity contribution in [1.82, 2.24) is 5.32 Å². The van der Waals surface area contributed by atoms with E-state index >= 15 is 0 Å². The highest BCUT2D eigenvalue weighted by atomic mass is 35.5. The van der Waals surface area contributed by atoms with Crippen LogP contribution in [0.4, 0.5) is 5.69 Å². The molecular weight excluding hydrogens is 403 g/mol. The second-order valence-electron chi connectivity index (χ2n) is 5.13. The SMILES string of the molecule is COc1ccc(Cl)cc1NC1NC(=O)/C(=C/c2ccc(Cl)cc2Cl)S1. The maximum Gasteiger partial charge on any atom is 0.260 e. The molecule has 1 amide bonds. The molecule has 1 unspecified atom stereocenters. The van der Waals surface area contributed by atoms with Gasteiger partial charge in [-0.15, -0.1) is 0 Å². The number of thioether (sulfide) groups is 1. The lowest BCUT2D eigenvalue weighted by Gasteiger charge is -2.15. The van der Waals surface area contributed by atoms with Crippen LogP contribution in [0.3, 0.4) is 0 Å². The summed E-state index contributed by atoms with van der Waals surface area (Å²) in [5.41, 5.74) is 1.07. The Morgan fingerprint density at radius 3 is 2.60 bits per heavy atom. The number of carbonyl (C=O) groups excluding carboxylic acids is 1. The summed E-state index contributed by atoms with van der Waals surface area (Å²) < 4.78 is 5.30. The van der Waals surface area contributed by atoms with Crippen molar-refractivity contribution in [3.63, 3.8) is 0 Å². The van der Waals surface area contributed by atoms with Crippen LogP contribution < -0.4 is 15.4 Å². The van der Waals surface area contributed by atoms with Gasteiger partial charge in [0, 0.05) is 15.1 Å². The van der Waals surface area contributed by atoms with Crippen LogP contribution in [-0.2, 0) is 4.79 Å². The summed E-state index contributed by atoms with van der Waals surface area (Å²) in [6.45, 7) is 0. The van der Waals surface area contributed by atoms with Gasteiger partial charge in [-0.25, -0.2) is 0 Å². The number of rotatable bonds is 4. The maximum absolute atomic E-state index is 12.2. The van der Waals surface area contributed by atoms with Crippen LogP contribution in [0.5, 0.6) is 5.75 Å². The maximum atomic E-state index is 12.2. The number of halogens is 3. The lowest BCUT2D eigenvalue weighted by Crippen LogP contribution is -2.31. The molecule has 0 aliphatic carbocycles. The molecule has 2 N–H and O–H groups in total. The molecule has 3 rings (SSSR count). The normalized spacial score (nSPS) is 18.3. The Balaban J connectivity index is 1.79. The number of amides is 1. The average molecular weight is 416 g/mol. The molecule has 1 atom stereocenters. The van der Waals surface area contributed by atoms with Crippen molar-refractivity contribution in [2.45, 2.75) is 5.50 Å². The summed E-state index contributed by atoms with van der Waals surface area (Å²) in [5.74, 6) is 0.451. The van der Waals surface area contributed by atoms with Crippen LogP contribution >= 0.6 is 46.6 Å². The Morgan fingerprint density at radius 1 is 1.16 bits per heavy atom. The zero-order valence-electron chi connectivity index (χ0n) is 13.0. The van der Waals surface area contributed by atoms with E-state index in [0.29, 0.717) is 31.4 Å². The van der Waals surface area contributed by atoms with E-state index in [9.17, 15) is 4.79 Å². The monoisotopic (exact) mass is 414 g/mol.